The molecule has 0 unspecified atom stereocenters. The first-order valence-corrected chi connectivity index (χ1v) is 9.88. The first-order chi connectivity index (χ1) is 15.1. The number of hydrogen-bond donors (Lipinski definition) is 0. The third-order valence-electron chi connectivity index (χ3n) is 2.84. The highest BCUT2D eigenvalue weighted by Gasteiger charge is 2.27. The first kappa shape index (κ1) is 28.2. The lowest BCUT2D eigenvalue weighted by atomic mass is 10.3. The van der Waals surface area contributed by atoms with Crippen LogP contribution in [-0.4, -0.2) is 57.5 Å². The number of phosphoric acid groups is 1. The highest BCUT2D eigenvalue weighted by molar-refractivity contribution is 7.48. The summed E-state index contributed by atoms with van der Waals surface area (Å²) in [6.45, 7) is 6.66. The van der Waals surface area contributed by atoms with Gasteiger partial charge in [0.15, 0.2) is 0 Å². The van der Waals surface area contributed by atoms with E-state index in [0.717, 1.165) is 0 Å². The molecule has 14 heteroatoms. The molecule has 0 saturated carbocycles. The molecule has 0 aliphatic carbocycles. The predicted octanol–water partition coefficient (Wildman–Crippen LogP) is 1.01. The van der Waals surface area contributed by atoms with Crippen molar-refractivity contribution in [2.45, 2.75) is 0 Å². The van der Waals surface area contributed by atoms with E-state index in [2.05, 4.69) is 33.9 Å². The van der Waals surface area contributed by atoms with Crippen molar-refractivity contribution in [2.75, 3.05) is 39.6 Å². The van der Waals surface area contributed by atoms with Crippen LogP contribution in [0.3, 0.4) is 0 Å². The largest absolute Gasteiger partial charge is 0.475 e. The third-order valence-corrected chi connectivity index (χ3v) is 4.34. The van der Waals surface area contributed by atoms with Gasteiger partial charge >= 0.3 is 25.7 Å². The van der Waals surface area contributed by atoms with Gasteiger partial charge in [-0.3, -0.25) is 13.6 Å². The summed E-state index contributed by atoms with van der Waals surface area (Å²) >= 11 is 0. The van der Waals surface area contributed by atoms with Crippen molar-refractivity contribution < 1.29 is 46.7 Å². The molecule has 0 saturated heterocycles. The van der Waals surface area contributed by atoms with Crippen LogP contribution in [0.1, 0.15) is 0 Å². The molecule has 0 radical (unpaired) electrons. The lowest BCUT2D eigenvalue weighted by Gasteiger charge is -2.18. The van der Waals surface area contributed by atoms with Gasteiger partial charge in [0.25, 0.3) is 0 Å². The zero-order chi connectivity index (χ0) is 24.6. The molecule has 0 fully saturated rings. The Kier molecular flexibility index (Phi) is 13.3. The lowest BCUT2D eigenvalue weighted by Crippen LogP contribution is -2.16. The fourth-order valence-electron chi connectivity index (χ4n) is 1.36. The third kappa shape index (κ3) is 11.4. The van der Waals surface area contributed by atoms with Crippen molar-refractivity contribution in [3.63, 3.8) is 0 Å². The van der Waals surface area contributed by atoms with Crippen molar-refractivity contribution in [2.24, 2.45) is 0 Å². The van der Waals surface area contributed by atoms with Crippen LogP contribution in [0.5, 0.6) is 0 Å². The molecular weight excluding hydrogens is 449 g/mol. The maximum atomic E-state index is 12.6. The second kappa shape index (κ2) is 15.1. The molecule has 0 spiro atoms. The highest BCUT2D eigenvalue weighted by atomic mass is 31.2. The predicted molar refractivity (Wildman–Crippen MR) is 103 cm³/mol. The summed E-state index contributed by atoms with van der Waals surface area (Å²) in [5.74, 6) is -3.04. The van der Waals surface area contributed by atoms with Gasteiger partial charge in [0, 0.05) is 0 Å². The highest BCUT2D eigenvalue weighted by Crippen LogP contribution is 2.49. The molecule has 0 aromatic carbocycles. The van der Waals surface area contributed by atoms with E-state index in [9.17, 15) is 18.9 Å². The summed E-state index contributed by atoms with van der Waals surface area (Å²) in [6, 6.07) is 4.45. The Morgan fingerprint density at radius 2 is 0.844 bits per heavy atom. The Morgan fingerprint density at radius 1 is 0.594 bits per heavy atom. The number of carbonyl (C=O) groups is 3. The van der Waals surface area contributed by atoms with Gasteiger partial charge in [-0.1, -0.05) is 19.7 Å². The summed E-state index contributed by atoms with van der Waals surface area (Å²) in [5.41, 5.74) is -1.37. The second-order valence-corrected chi connectivity index (χ2v) is 6.79. The lowest BCUT2D eigenvalue weighted by molar-refractivity contribution is -0.139. The van der Waals surface area contributed by atoms with Gasteiger partial charge in [-0.25, -0.2) is 18.9 Å². The zero-order valence-corrected chi connectivity index (χ0v) is 17.6. The normalized spacial score (nSPS) is 9.91. The van der Waals surface area contributed by atoms with E-state index in [1.165, 1.54) is 18.2 Å². The Bertz CT molecular complexity index is 819. The standard InChI is InChI=1S/C18H18N3O10P/c1-13(10-19)16(22)26-4-7-29-32(25,30-8-5-27-17(23)14(2)11-20)31-9-6-28-18(24)15(3)12-21/h1-9H2. The molecule has 0 aliphatic rings. The van der Waals surface area contributed by atoms with Gasteiger partial charge in [-0.2, -0.15) is 15.8 Å². The number of rotatable bonds is 15. The van der Waals surface area contributed by atoms with Crippen LogP contribution >= 0.6 is 7.82 Å². The first-order valence-electron chi connectivity index (χ1n) is 8.42. The van der Waals surface area contributed by atoms with Gasteiger partial charge in [0.2, 0.25) is 0 Å². The van der Waals surface area contributed by atoms with E-state index < -0.39 is 82.1 Å². The fourth-order valence-corrected chi connectivity index (χ4v) is 2.48. The van der Waals surface area contributed by atoms with Crippen LogP contribution in [0.4, 0.5) is 0 Å². The molecule has 0 aromatic rings. The van der Waals surface area contributed by atoms with Crippen molar-refractivity contribution in [1.29, 1.82) is 15.8 Å². The summed E-state index contributed by atoms with van der Waals surface area (Å²) in [5, 5.41) is 25.6. The molecule has 0 N–H and O–H groups in total. The van der Waals surface area contributed by atoms with Crippen LogP contribution in [0.2, 0.25) is 0 Å². The van der Waals surface area contributed by atoms with Crippen molar-refractivity contribution in [3.8, 4) is 18.2 Å². The number of ether oxygens (including phenoxy) is 3. The van der Waals surface area contributed by atoms with Crippen molar-refractivity contribution in [1.82, 2.24) is 0 Å². The maximum Gasteiger partial charge on any atom is 0.475 e. The van der Waals surface area contributed by atoms with E-state index in [1.54, 1.807) is 0 Å². The van der Waals surface area contributed by atoms with Crippen LogP contribution in [0.15, 0.2) is 36.5 Å². The summed E-state index contributed by atoms with van der Waals surface area (Å²) < 4.78 is 41.4. The molecule has 0 bridgehead atoms. The molecule has 0 aromatic heterocycles. The monoisotopic (exact) mass is 467 g/mol. The molecule has 0 amide bonds. The number of esters is 3. The molecule has 0 aliphatic heterocycles. The Hall–Kier alpha value is -3.79. The fraction of sp³-hybridized carbons (Fsp3) is 0.333. The molecule has 32 heavy (non-hydrogen) atoms. The van der Waals surface area contributed by atoms with Crippen LogP contribution < -0.4 is 0 Å². The molecule has 0 atom stereocenters. The van der Waals surface area contributed by atoms with E-state index in [1.807, 2.05) is 0 Å². The topological polar surface area (TPSA) is 195 Å². The van der Waals surface area contributed by atoms with Crippen LogP contribution in [-0.2, 0) is 46.7 Å². The van der Waals surface area contributed by atoms with Gasteiger partial charge in [0.05, 0.1) is 19.8 Å². The Labute approximate surface area is 183 Å². The van der Waals surface area contributed by atoms with Gasteiger partial charge < -0.3 is 14.2 Å². The Morgan fingerprint density at radius 3 is 1.06 bits per heavy atom. The molecule has 0 rings (SSSR count). The number of phosphoric ester groups is 1. The summed E-state index contributed by atoms with van der Waals surface area (Å²) in [7, 11) is -4.33. The van der Waals surface area contributed by atoms with E-state index >= 15 is 0 Å². The van der Waals surface area contributed by atoms with Crippen LogP contribution in [0, 0.1) is 34.0 Å². The smallest absolute Gasteiger partial charge is 0.459 e. The van der Waals surface area contributed by atoms with Gasteiger partial charge in [-0.05, 0) is 0 Å². The molecule has 0 heterocycles. The second-order valence-electron chi connectivity index (χ2n) is 5.13. The minimum atomic E-state index is -4.33. The van der Waals surface area contributed by atoms with Crippen molar-refractivity contribution in [3.05, 3.63) is 36.5 Å². The van der Waals surface area contributed by atoms with E-state index in [-0.39, 0.29) is 0 Å². The average molecular weight is 467 g/mol. The molecular formula is C18H18N3O10P. The molecule has 13 nitrogen and oxygen atoms in total. The number of nitrogens with zero attached hydrogens (tertiary/aromatic N) is 3. The van der Waals surface area contributed by atoms with Gasteiger partial charge in [-0.15, -0.1) is 0 Å². The maximum absolute atomic E-state index is 12.6. The SMILES string of the molecule is C=C(C#N)C(=O)OCCOP(=O)(OCCOC(=O)C(=C)C#N)OCCOC(=O)C(=C)C#N. The average Bonchev–Trinajstić information content (AvgIpc) is 2.80. The zero-order valence-electron chi connectivity index (χ0n) is 16.7. The Balaban J connectivity index is 4.72. The summed E-state index contributed by atoms with van der Waals surface area (Å²) in [4.78, 5) is 34.0. The van der Waals surface area contributed by atoms with Gasteiger partial charge in [0.1, 0.15) is 54.7 Å². The minimum Gasteiger partial charge on any atom is -0.459 e. The minimum absolute atomic E-state index is 0.440. The van der Waals surface area contributed by atoms with Crippen LogP contribution in [0.25, 0.3) is 0 Å². The van der Waals surface area contributed by atoms with Crippen molar-refractivity contribution >= 4 is 25.7 Å². The number of carbonyl (C=O) groups excluding carboxylic acids is 3. The molecule has 170 valence electrons. The van der Waals surface area contributed by atoms with E-state index in [0.29, 0.717) is 0 Å². The summed E-state index contributed by atoms with van der Waals surface area (Å²) in [6.07, 6.45) is 0. The van der Waals surface area contributed by atoms with E-state index in [4.69, 9.17) is 29.4 Å². The number of hydrogen-bond acceptors (Lipinski definition) is 13. The quantitative estimate of drug-likeness (QED) is 0.0827. The number of nitriles is 3.